The molecule has 0 radical (unpaired) electrons. The van der Waals surface area contributed by atoms with Crippen molar-refractivity contribution in [2.75, 3.05) is 17.7 Å². The maximum Gasteiger partial charge on any atom is 0.0991 e. The minimum atomic E-state index is 0.683. The monoisotopic (exact) mass is 315 g/mol. The number of nitriles is 1. The van der Waals surface area contributed by atoms with E-state index in [1.165, 1.54) is 0 Å². The van der Waals surface area contributed by atoms with Gasteiger partial charge in [0.1, 0.15) is 0 Å². The van der Waals surface area contributed by atoms with Gasteiger partial charge >= 0.3 is 0 Å². The van der Waals surface area contributed by atoms with Crippen LogP contribution in [0.5, 0.6) is 0 Å². The smallest absolute Gasteiger partial charge is 0.0991 e. The average molecular weight is 316 g/mol. The molecule has 3 nitrogen and oxygen atoms in total. The van der Waals surface area contributed by atoms with Crippen molar-refractivity contribution in [3.05, 3.63) is 58.1 Å². The molecular formula is C15H14BrN3. The summed E-state index contributed by atoms with van der Waals surface area (Å²) in [5.74, 6) is 0. The quantitative estimate of drug-likeness (QED) is 0.881. The van der Waals surface area contributed by atoms with Crippen molar-refractivity contribution in [3.8, 4) is 6.07 Å². The number of hydrogen-bond donors (Lipinski definition) is 1. The van der Waals surface area contributed by atoms with Gasteiger partial charge in [0.05, 0.1) is 17.3 Å². The second-order valence-electron chi connectivity index (χ2n) is 4.38. The van der Waals surface area contributed by atoms with E-state index in [1.54, 1.807) is 0 Å². The van der Waals surface area contributed by atoms with Crippen molar-refractivity contribution in [3.63, 3.8) is 0 Å². The van der Waals surface area contributed by atoms with Crippen LogP contribution >= 0.6 is 15.9 Å². The fraction of sp³-hybridized carbons (Fsp3) is 0.133. The Hall–Kier alpha value is -1.99. The molecule has 0 fully saturated rings. The van der Waals surface area contributed by atoms with E-state index >= 15 is 0 Å². The SMILES string of the molecule is CN(Cc1cccc(C#N)c1)c1ccc(N)cc1Br. The molecule has 0 amide bonds. The Bertz CT molecular complexity index is 632. The maximum absolute atomic E-state index is 8.90. The summed E-state index contributed by atoms with van der Waals surface area (Å²) in [6.45, 7) is 0.734. The van der Waals surface area contributed by atoms with Crippen LogP contribution in [0.25, 0.3) is 0 Å². The van der Waals surface area contributed by atoms with Crippen molar-refractivity contribution in [2.45, 2.75) is 6.54 Å². The second-order valence-corrected chi connectivity index (χ2v) is 5.23. The largest absolute Gasteiger partial charge is 0.399 e. The van der Waals surface area contributed by atoms with Gasteiger partial charge in [0.15, 0.2) is 0 Å². The molecule has 0 aliphatic carbocycles. The van der Waals surface area contributed by atoms with Crippen LogP contribution < -0.4 is 10.6 Å². The van der Waals surface area contributed by atoms with E-state index in [1.807, 2.05) is 49.5 Å². The summed E-state index contributed by atoms with van der Waals surface area (Å²) >= 11 is 3.52. The van der Waals surface area contributed by atoms with Gasteiger partial charge in [-0.15, -0.1) is 0 Å². The number of hydrogen-bond acceptors (Lipinski definition) is 3. The molecule has 2 rings (SSSR count). The molecule has 0 unspecified atom stereocenters. The Labute approximate surface area is 121 Å². The first-order valence-corrected chi connectivity index (χ1v) is 6.64. The summed E-state index contributed by atoms with van der Waals surface area (Å²) in [5, 5.41) is 8.90. The fourth-order valence-electron chi connectivity index (χ4n) is 1.93. The number of rotatable bonds is 3. The third kappa shape index (κ3) is 3.27. The van der Waals surface area contributed by atoms with Gasteiger partial charge in [-0.3, -0.25) is 0 Å². The van der Waals surface area contributed by atoms with E-state index in [2.05, 4.69) is 26.9 Å². The highest BCUT2D eigenvalue weighted by atomic mass is 79.9. The molecule has 2 N–H and O–H groups in total. The molecule has 0 bridgehead atoms. The Morgan fingerprint density at radius 3 is 2.74 bits per heavy atom. The summed E-state index contributed by atoms with van der Waals surface area (Å²) in [5.41, 5.74) is 9.32. The van der Waals surface area contributed by atoms with Crippen molar-refractivity contribution in [1.82, 2.24) is 0 Å². The zero-order chi connectivity index (χ0) is 13.8. The second kappa shape index (κ2) is 5.77. The van der Waals surface area contributed by atoms with Crippen molar-refractivity contribution < 1.29 is 0 Å². The third-order valence-corrected chi connectivity index (χ3v) is 3.49. The number of nitrogens with zero attached hydrogens (tertiary/aromatic N) is 2. The molecule has 0 heterocycles. The molecule has 19 heavy (non-hydrogen) atoms. The Kier molecular flexibility index (Phi) is 4.08. The molecule has 0 aromatic heterocycles. The lowest BCUT2D eigenvalue weighted by molar-refractivity contribution is 0.920. The molecule has 0 atom stereocenters. The molecule has 0 saturated heterocycles. The molecule has 2 aromatic carbocycles. The third-order valence-electron chi connectivity index (χ3n) is 2.86. The van der Waals surface area contributed by atoms with Crippen molar-refractivity contribution in [2.24, 2.45) is 0 Å². The number of halogens is 1. The summed E-state index contributed by atoms with van der Waals surface area (Å²) in [4.78, 5) is 2.11. The van der Waals surface area contributed by atoms with Crippen LogP contribution in [0.2, 0.25) is 0 Å². The molecule has 0 aliphatic rings. The van der Waals surface area contributed by atoms with Gasteiger partial charge in [-0.05, 0) is 51.8 Å². The molecule has 2 aromatic rings. The highest BCUT2D eigenvalue weighted by molar-refractivity contribution is 9.10. The number of anilines is 2. The predicted octanol–water partition coefficient (Wildman–Crippen LogP) is 3.54. The van der Waals surface area contributed by atoms with Crippen LogP contribution in [-0.4, -0.2) is 7.05 Å². The highest BCUT2D eigenvalue weighted by Crippen LogP contribution is 2.28. The molecule has 4 heteroatoms. The molecule has 0 spiro atoms. The average Bonchev–Trinajstić information content (AvgIpc) is 2.38. The van der Waals surface area contributed by atoms with Crippen LogP contribution in [0.15, 0.2) is 46.9 Å². The van der Waals surface area contributed by atoms with Gasteiger partial charge in [-0.1, -0.05) is 12.1 Å². The van der Waals surface area contributed by atoms with Gasteiger partial charge in [-0.2, -0.15) is 5.26 Å². The van der Waals surface area contributed by atoms with Crippen molar-refractivity contribution >= 4 is 27.3 Å². The van der Waals surface area contributed by atoms with E-state index in [4.69, 9.17) is 11.0 Å². The fourth-order valence-corrected chi connectivity index (χ4v) is 2.63. The lowest BCUT2D eigenvalue weighted by Crippen LogP contribution is -2.16. The van der Waals surface area contributed by atoms with Gasteiger partial charge in [-0.25, -0.2) is 0 Å². The van der Waals surface area contributed by atoms with Crippen LogP contribution in [0.3, 0.4) is 0 Å². The number of nitrogens with two attached hydrogens (primary N) is 1. The normalized spacial score (nSPS) is 9.95. The molecule has 0 aliphatic heterocycles. The predicted molar refractivity (Wildman–Crippen MR) is 81.8 cm³/mol. The topological polar surface area (TPSA) is 53.0 Å². The first kappa shape index (κ1) is 13.4. The van der Waals surface area contributed by atoms with Gasteiger partial charge in [0, 0.05) is 23.8 Å². The summed E-state index contributed by atoms with van der Waals surface area (Å²) in [6, 6.07) is 15.5. The lowest BCUT2D eigenvalue weighted by atomic mass is 10.1. The van der Waals surface area contributed by atoms with Crippen LogP contribution in [-0.2, 0) is 6.54 Å². The molecule has 96 valence electrons. The van der Waals surface area contributed by atoms with Crippen LogP contribution in [0.4, 0.5) is 11.4 Å². The van der Waals surface area contributed by atoms with E-state index in [0.29, 0.717) is 5.56 Å². The number of nitrogen functional groups attached to an aromatic ring is 1. The van der Waals surface area contributed by atoms with Gasteiger partial charge < -0.3 is 10.6 Å². The van der Waals surface area contributed by atoms with E-state index < -0.39 is 0 Å². The lowest BCUT2D eigenvalue weighted by Gasteiger charge is -2.21. The standard InChI is InChI=1S/C15H14BrN3/c1-19(15-6-5-13(18)8-14(15)16)10-12-4-2-3-11(7-12)9-17/h2-8H,10,18H2,1H3. The van der Waals surface area contributed by atoms with Gasteiger partial charge in [0.2, 0.25) is 0 Å². The minimum absolute atomic E-state index is 0.683. The van der Waals surface area contributed by atoms with E-state index in [-0.39, 0.29) is 0 Å². The minimum Gasteiger partial charge on any atom is -0.399 e. The van der Waals surface area contributed by atoms with Gasteiger partial charge in [0.25, 0.3) is 0 Å². The highest BCUT2D eigenvalue weighted by Gasteiger charge is 2.07. The van der Waals surface area contributed by atoms with E-state index in [9.17, 15) is 0 Å². The first-order valence-electron chi connectivity index (χ1n) is 5.85. The zero-order valence-electron chi connectivity index (χ0n) is 10.6. The van der Waals surface area contributed by atoms with E-state index in [0.717, 1.165) is 28.0 Å². The summed E-state index contributed by atoms with van der Waals surface area (Å²) < 4.78 is 0.964. The zero-order valence-corrected chi connectivity index (χ0v) is 12.2. The van der Waals surface area contributed by atoms with Crippen LogP contribution in [0, 0.1) is 11.3 Å². The molecular weight excluding hydrogens is 302 g/mol. The first-order chi connectivity index (χ1) is 9.10. The maximum atomic E-state index is 8.90. The number of benzene rings is 2. The van der Waals surface area contributed by atoms with Crippen molar-refractivity contribution in [1.29, 1.82) is 5.26 Å². The molecule has 0 saturated carbocycles. The Balaban J connectivity index is 2.20. The Morgan fingerprint density at radius 1 is 1.26 bits per heavy atom. The summed E-state index contributed by atoms with van der Waals surface area (Å²) in [6.07, 6.45) is 0. The summed E-state index contributed by atoms with van der Waals surface area (Å²) in [7, 11) is 2.01. The Morgan fingerprint density at radius 2 is 2.05 bits per heavy atom. The van der Waals surface area contributed by atoms with Crippen LogP contribution in [0.1, 0.15) is 11.1 Å².